The van der Waals surface area contributed by atoms with Crippen molar-refractivity contribution < 1.29 is 14.4 Å². The molecule has 3 amide bonds. The quantitative estimate of drug-likeness (QED) is 0.783. The van der Waals surface area contributed by atoms with E-state index in [1.54, 1.807) is 24.3 Å². The van der Waals surface area contributed by atoms with Gasteiger partial charge in [-0.05, 0) is 30.9 Å². The van der Waals surface area contributed by atoms with Gasteiger partial charge in [-0.15, -0.1) is 12.4 Å². The lowest BCUT2D eigenvalue weighted by molar-refractivity contribution is -0.122. The van der Waals surface area contributed by atoms with Gasteiger partial charge in [-0.2, -0.15) is 0 Å². The first-order chi connectivity index (χ1) is 11.1. The fourth-order valence-electron chi connectivity index (χ4n) is 3.38. The van der Waals surface area contributed by atoms with Crippen LogP contribution in [-0.2, 0) is 4.79 Å². The molecule has 0 bridgehead atoms. The van der Waals surface area contributed by atoms with Gasteiger partial charge < -0.3 is 11.1 Å². The topological polar surface area (TPSA) is 92.5 Å². The van der Waals surface area contributed by atoms with Gasteiger partial charge in [0.25, 0.3) is 11.8 Å². The Hall–Kier alpha value is -1.92. The van der Waals surface area contributed by atoms with E-state index in [9.17, 15) is 14.4 Å². The lowest BCUT2D eigenvalue weighted by atomic mass is 10.00. The van der Waals surface area contributed by atoms with Gasteiger partial charge in [0, 0.05) is 25.6 Å². The third kappa shape index (κ3) is 3.60. The summed E-state index contributed by atoms with van der Waals surface area (Å²) in [4.78, 5) is 37.5. The molecular formula is C17H22ClN3O3. The van der Waals surface area contributed by atoms with Gasteiger partial charge >= 0.3 is 0 Å². The average molecular weight is 352 g/mol. The number of imide groups is 1. The number of fused-ring (bicyclic) bond motifs is 1. The molecule has 1 aromatic rings. The van der Waals surface area contributed by atoms with Gasteiger partial charge in [0.15, 0.2) is 0 Å². The lowest BCUT2D eigenvalue weighted by Crippen LogP contribution is -2.39. The van der Waals surface area contributed by atoms with Gasteiger partial charge in [0.1, 0.15) is 0 Å². The van der Waals surface area contributed by atoms with Crippen LogP contribution in [0.3, 0.4) is 0 Å². The SMILES string of the molecule is Cl.N[C@@H]1CCC[C@H]1CC(=O)NCCN1C(=O)c2ccccc2C1=O. The Morgan fingerprint density at radius 2 is 1.79 bits per heavy atom. The van der Waals surface area contributed by atoms with E-state index in [-0.39, 0.29) is 55.2 Å². The first-order valence-corrected chi connectivity index (χ1v) is 8.05. The van der Waals surface area contributed by atoms with E-state index in [1.807, 2.05) is 0 Å². The third-order valence-electron chi connectivity index (χ3n) is 4.70. The monoisotopic (exact) mass is 351 g/mol. The molecule has 1 aromatic carbocycles. The number of nitrogens with one attached hydrogen (secondary N) is 1. The Kier molecular flexibility index (Phi) is 5.96. The van der Waals surface area contributed by atoms with Crippen molar-refractivity contribution in [3.8, 4) is 0 Å². The molecule has 3 rings (SSSR count). The zero-order valence-electron chi connectivity index (χ0n) is 13.4. The van der Waals surface area contributed by atoms with Crippen molar-refractivity contribution in [2.24, 2.45) is 11.7 Å². The maximum absolute atomic E-state index is 12.2. The number of carbonyl (C=O) groups excluding carboxylic acids is 3. The van der Waals surface area contributed by atoms with Crippen LogP contribution >= 0.6 is 12.4 Å². The molecule has 3 N–H and O–H groups in total. The molecule has 7 heteroatoms. The summed E-state index contributed by atoms with van der Waals surface area (Å²) in [5.41, 5.74) is 6.83. The molecule has 0 spiro atoms. The van der Waals surface area contributed by atoms with Crippen LogP contribution in [0, 0.1) is 5.92 Å². The number of nitrogens with zero attached hydrogens (tertiary/aromatic N) is 1. The third-order valence-corrected chi connectivity index (χ3v) is 4.70. The van der Waals surface area contributed by atoms with Crippen molar-refractivity contribution in [3.63, 3.8) is 0 Å². The van der Waals surface area contributed by atoms with Crippen LogP contribution < -0.4 is 11.1 Å². The number of carbonyl (C=O) groups is 3. The molecule has 1 aliphatic carbocycles. The van der Waals surface area contributed by atoms with Gasteiger partial charge in [-0.25, -0.2) is 0 Å². The van der Waals surface area contributed by atoms with Gasteiger partial charge in [0.05, 0.1) is 11.1 Å². The van der Waals surface area contributed by atoms with Gasteiger partial charge in [-0.3, -0.25) is 19.3 Å². The molecule has 2 aliphatic rings. The summed E-state index contributed by atoms with van der Waals surface area (Å²) in [5.74, 6) is -0.409. The number of rotatable bonds is 5. The van der Waals surface area contributed by atoms with Crippen LogP contribution in [0.5, 0.6) is 0 Å². The molecule has 0 aromatic heterocycles. The van der Waals surface area contributed by atoms with Gasteiger partial charge in [-0.1, -0.05) is 18.6 Å². The smallest absolute Gasteiger partial charge is 0.261 e. The predicted molar refractivity (Wildman–Crippen MR) is 92.0 cm³/mol. The van der Waals surface area contributed by atoms with E-state index < -0.39 is 0 Å². The second-order valence-electron chi connectivity index (χ2n) is 6.22. The van der Waals surface area contributed by atoms with Crippen molar-refractivity contribution in [2.45, 2.75) is 31.7 Å². The van der Waals surface area contributed by atoms with Crippen LogP contribution in [-0.4, -0.2) is 41.8 Å². The van der Waals surface area contributed by atoms with Crippen LogP contribution in [0.25, 0.3) is 0 Å². The van der Waals surface area contributed by atoms with Crippen molar-refractivity contribution in [1.29, 1.82) is 0 Å². The minimum absolute atomic E-state index is 0. The molecule has 130 valence electrons. The Morgan fingerprint density at radius 1 is 1.17 bits per heavy atom. The molecule has 1 fully saturated rings. The van der Waals surface area contributed by atoms with Crippen LogP contribution in [0.1, 0.15) is 46.4 Å². The second kappa shape index (κ2) is 7.77. The highest BCUT2D eigenvalue weighted by atomic mass is 35.5. The molecule has 0 saturated heterocycles. The molecule has 6 nitrogen and oxygen atoms in total. The van der Waals surface area contributed by atoms with E-state index in [1.165, 1.54) is 4.90 Å². The Balaban J connectivity index is 0.00000208. The molecule has 2 atom stereocenters. The summed E-state index contributed by atoms with van der Waals surface area (Å²) in [6.07, 6.45) is 3.47. The summed E-state index contributed by atoms with van der Waals surface area (Å²) < 4.78 is 0. The minimum atomic E-state index is -0.294. The zero-order chi connectivity index (χ0) is 16.4. The molecule has 24 heavy (non-hydrogen) atoms. The number of benzene rings is 1. The van der Waals surface area contributed by atoms with Crippen molar-refractivity contribution in [1.82, 2.24) is 10.2 Å². The maximum atomic E-state index is 12.2. The normalized spacial score (nSPS) is 22.3. The predicted octanol–water partition coefficient (Wildman–Crippen LogP) is 1.34. The standard InChI is InChI=1S/C17H21N3O3.ClH/c18-14-7-3-4-11(14)10-15(21)19-8-9-20-16(22)12-5-1-2-6-13(12)17(20)23;/h1-2,5-6,11,14H,3-4,7-10,18H2,(H,19,21);1H/t11-,14+;/m0./s1. The number of hydrogen-bond acceptors (Lipinski definition) is 4. The summed E-state index contributed by atoms with van der Waals surface area (Å²) in [6.45, 7) is 0.459. The van der Waals surface area contributed by atoms with Gasteiger partial charge in [0.2, 0.25) is 5.91 Å². The van der Waals surface area contributed by atoms with E-state index in [0.29, 0.717) is 17.5 Å². The Bertz CT molecular complexity index is 615. The zero-order valence-corrected chi connectivity index (χ0v) is 14.2. The van der Waals surface area contributed by atoms with E-state index >= 15 is 0 Å². The molecular weight excluding hydrogens is 330 g/mol. The lowest BCUT2D eigenvalue weighted by Gasteiger charge is -2.17. The fourth-order valence-corrected chi connectivity index (χ4v) is 3.38. The number of hydrogen-bond donors (Lipinski definition) is 2. The van der Waals surface area contributed by atoms with Crippen molar-refractivity contribution >= 4 is 30.1 Å². The summed E-state index contributed by atoms with van der Waals surface area (Å²) in [6, 6.07) is 6.88. The van der Waals surface area contributed by atoms with Crippen molar-refractivity contribution in [3.05, 3.63) is 35.4 Å². The van der Waals surface area contributed by atoms with E-state index in [0.717, 1.165) is 19.3 Å². The minimum Gasteiger partial charge on any atom is -0.354 e. The fraction of sp³-hybridized carbons (Fsp3) is 0.471. The number of amides is 3. The molecule has 0 radical (unpaired) electrons. The van der Waals surface area contributed by atoms with Crippen LogP contribution in [0.15, 0.2) is 24.3 Å². The van der Waals surface area contributed by atoms with E-state index in [2.05, 4.69) is 5.32 Å². The summed E-state index contributed by atoms with van der Waals surface area (Å²) in [5, 5.41) is 2.78. The Labute approximate surface area is 147 Å². The molecule has 1 aliphatic heterocycles. The highest BCUT2D eigenvalue weighted by Crippen LogP contribution is 2.26. The molecule has 1 saturated carbocycles. The van der Waals surface area contributed by atoms with Crippen LogP contribution in [0.4, 0.5) is 0 Å². The van der Waals surface area contributed by atoms with Crippen molar-refractivity contribution in [2.75, 3.05) is 13.1 Å². The molecule has 1 heterocycles. The highest BCUT2D eigenvalue weighted by Gasteiger charge is 2.34. The summed E-state index contributed by atoms with van der Waals surface area (Å²) >= 11 is 0. The highest BCUT2D eigenvalue weighted by molar-refractivity contribution is 6.21. The van der Waals surface area contributed by atoms with Crippen LogP contribution in [0.2, 0.25) is 0 Å². The maximum Gasteiger partial charge on any atom is 0.261 e. The Morgan fingerprint density at radius 3 is 2.33 bits per heavy atom. The second-order valence-corrected chi connectivity index (χ2v) is 6.22. The molecule has 0 unspecified atom stereocenters. The largest absolute Gasteiger partial charge is 0.354 e. The average Bonchev–Trinajstić information content (AvgIpc) is 3.04. The first-order valence-electron chi connectivity index (χ1n) is 8.05. The summed E-state index contributed by atoms with van der Waals surface area (Å²) in [7, 11) is 0. The number of halogens is 1. The first kappa shape index (κ1) is 18.4. The number of nitrogens with two attached hydrogens (primary N) is 1. The van der Waals surface area contributed by atoms with E-state index in [4.69, 9.17) is 5.73 Å².